The van der Waals surface area contributed by atoms with E-state index in [0.29, 0.717) is 11.4 Å². The van der Waals surface area contributed by atoms with Crippen molar-refractivity contribution < 1.29 is 9.59 Å². The van der Waals surface area contributed by atoms with Crippen LogP contribution in [0.4, 0.5) is 0 Å². The maximum atomic E-state index is 13.9. The topological polar surface area (TPSA) is 49.4 Å². The second kappa shape index (κ2) is 7.97. The van der Waals surface area contributed by atoms with E-state index in [2.05, 4.69) is 5.32 Å². The SMILES string of the molecule is CC1(C(=O)NC2CCCC2)c2ccccc2-c2ccsc2C(=O)N1Cc1ccccc1. The Kier molecular flexibility index (Phi) is 5.14. The summed E-state index contributed by atoms with van der Waals surface area (Å²) in [4.78, 5) is 30.3. The molecule has 0 radical (unpaired) electrons. The van der Waals surface area contributed by atoms with Crippen molar-refractivity contribution in [2.75, 3.05) is 0 Å². The summed E-state index contributed by atoms with van der Waals surface area (Å²) in [5, 5.41) is 5.24. The van der Waals surface area contributed by atoms with E-state index in [4.69, 9.17) is 0 Å². The molecule has 1 aromatic heterocycles. The fourth-order valence-corrected chi connectivity index (χ4v) is 5.79. The summed E-state index contributed by atoms with van der Waals surface area (Å²) in [7, 11) is 0. The molecule has 1 aliphatic heterocycles. The predicted octanol–water partition coefficient (Wildman–Crippen LogP) is 5.35. The average Bonchev–Trinajstić information content (AvgIpc) is 3.48. The summed E-state index contributed by atoms with van der Waals surface area (Å²) < 4.78 is 0. The molecule has 2 amide bonds. The number of nitrogens with one attached hydrogen (secondary N) is 1. The molecule has 1 aliphatic carbocycles. The minimum Gasteiger partial charge on any atom is -0.351 e. The largest absolute Gasteiger partial charge is 0.351 e. The van der Waals surface area contributed by atoms with Crippen LogP contribution in [0, 0.1) is 0 Å². The first-order chi connectivity index (χ1) is 15.1. The van der Waals surface area contributed by atoms with Gasteiger partial charge in [-0.25, -0.2) is 0 Å². The summed E-state index contributed by atoms with van der Waals surface area (Å²) in [5.41, 5.74) is 2.66. The lowest BCUT2D eigenvalue weighted by Gasteiger charge is -2.40. The Bertz CT molecular complexity index is 1120. The van der Waals surface area contributed by atoms with Crippen LogP contribution in [0.25, 0.3) is 11.1 Å². The Morgan fingerprint density at radius 1 is 1.03 bits per heavy atom. The van der Waals surface area contributed by atoms with Gasteiger partial charge in [-0.15, -0.1) is 11.3 Å². The molecule has 1 unspecified atom stereocenters. The van der Waals surface area contributed by atoms with Crippen molar-refractivity contribution in [1.29, 1.82) is 0 Å². The van der Waals surface area contributed by atoms with Crippen molar-refractivity contribution >= 4 is 23.2 Å². The quantitative estimate of drug-likeness (QED) is 0.607. The van der Waals surface area contributed by atoms with E-state index in [1.165, 1.54) is 11.3 Å². The molecule has 2 heterocycles. The van der Waals surface area contributed by atoms with Gasteiger partial charge < -0.3 is 10.2 Å². The first-order valence-electron chi connectivity index (χ1n) is 10.9. The number of carbonyl (C=O) groups is 2. The van der Waals surface area contributed by atoms with Crippen LogP contribution in [0.15, 0.2) is 66.0 Å². The lowest BCUT2D eigenvalue weighted by Crippen LogP contribution is -2.57. The molecule has 0 bridgehead atoms. The minimum absolute atomic E-state index is 0.0888. The third kappa shape index (κ3) is 3.37. The van der Waals surface area contributed by atoms with Gasteiger partial charge in [0.1, 0.15) is 5.54 Å². The van der Waals surface area contributed by atoms with E-state index in [1.807, 2.05) is 73.0 Å². The fourth-order valence-electron chi connectivity index (χ4n) is 4.94. The third-order valence-corrected chi connectivity index (χ3v) is 7.60. The molecular formula is C26H26N2O2S. The molecule has 2 aromatic carbocycles. The second-order valence-corrected chi connectivity index (χ2v) is 9.53. The molecule has 1 saturated carbocycles. The monoisotopic (exact) mass is 430 g/mol. The van der Waals surface area contributed by atoms with Gasteiger partial charge in [0.15, 0.2) is 0 Å². The Morgan fingerprint density at radius 3 is 2.52 bits per heavy atom. The van der Waals surface area contributed by atoms with Crippen molar-refractivity contribution in [3.05, 3.63) is 82.0 Å². The van der Waals surface area contributed by atoms with Gasteiger partial charge in [-0.1, -0.05) is 67.4 Å². The van der Waals surface area contributed by atoms with Crippen LogP contribution >= 0.6 is 11.3 Å². The van der Waals surface area contributed by atoms with E-state index in [-0.39, 0.29) is 17.9 Å². The molecule has 4 nitrogen and oxygen atoms in total. The smallest absolute Gasteiger partial charge is 0.266 e. The molecule has 0 saturated heterocycles. The minimum atomic E-state index is -1.11. The summed E-state index contributed by atoms with van der Waals surface area (Å²) in [6.07, 6.45) is 4.29. The molecule has 1 N–H and O–H groups in total. The fraction of sp³-hybridized carbons (Fsp3) is 0.308. The number of benzene rings is 2. The summed E-state index contributed by atoms with van der Waals surface area (Å²) in [5.74, 6) is -0.180. The van der Waals surface area contributed by atoms with Crippen LogP contribution in [-0.4, -0.2) is 22.8 Å². The number of hydrogen-bond acceptors (Lipinski definition) is 3. The molecular weight excluding hydrogens is 404 g/mol. The molecule has 31 heavy (non-hydrogen) atoms. The summed E-state index contributed by atoms with van der Waals surface area (Å²) in [6, 6.07) is 20.1. The number of thiophene rings is 1. The Labute approximate surface area is 186 Å². The molecule has 3 aromatic rings. The Morgan fingerprint density at radius 2 is 1.74 bits per heavy atom. The zero-order valence-corrected chi connectivity index (χ0v) is 18.5. The van der Waals surface area contributed by atoms with Crippen LogP contribution < -0.4 is 5.32 Å². The average molecular weight is 431 g/mol. The van der Waals surface area contributed by atoms with Crippen LogP contribution in [0.2, 0.25) is 0 Å². The van der Waals surface area contributed by atoms with Crippen LogP contribution in [0.5, 0.6) is 0 Å². The highest BCUT2D eigenvalue weighted by atomic mass is 32.1. The van der Waals surface area contributed by atoms with E-state index in [1.54, 1.807) is 4.90 Å². The molecule has 2 aliphatic rings. The van der Waals surface area contributed by atoms with Crippen LogP contribution in [0.1, 0.15) is 53.4 Å². The number of rotatable bonds is 4. The van der Waals surface area contributed by atoms with Gasteiger partial charge in [0.05, 0.1) is 4.88 Å². The molecule has 5 heteroatoms. The predicted molar refractivity (Wildman–Crippen MR) is 124 cm³/mol. The highest BCUT2D eigenvalue weighted by Crippen LogP contribution is 2.44. The van der Waals surface area contributed by atoms with Crippen molar-refractivity contribution in [3.8, 4) is 11.1 Å². The van der Waals surface area contributed by atoms with Gasteiger partial charge >= 0.3 is 0 Å². The van der Waals surface area contributed by atoms with E-state index < -0.39 is 5.54 Å². The van der Waals surface area contributed by atoms with Crippen molar-refractivity contribution in [1.82, 2.24) is 10.2 Å². The molecule has 1 fully saturated rings. The Balaban J connectivity index is 1.67. The highest BCUT2D eigenvalue weighted by Gasteiger charge is 2.48. The number of nitrogens with zero attached hydrogens (tertiary/aromatic N) is 1. The zero-order chi connectivity index (χ0) is 21.4. The van der Waals surface area contributed by atoms with E-state index >= 15 is 0 Å². The Hall–Kier alpha value is -2.92. The lowest BCUT2D eigenvalue weighted by molar-refractivity contribution is -0.133. The first kappa shape index (κ1) is 20.0. The van der Waals surface area contributed by atoms with E-state index in [9.17, 15) is 9.59 Å². The lowest BCUT2D eigenvalue weighted by atomic mass is 9.84. The van der Waals surface area contributed by atoms with Gasteiger partial charge in [-0.2, -0.15) is 0 Å². The van der Waals surface area contributed by atoms with Gasteiger partial charge in [0.2, 0.25) is 0 Å². The highest BCUT2D eigenvalue weighted by molar-refractivity contribution is 7.12. The summed E-state index contributed by atoms with van der Waals surface area (Å²) in [6.45, 7) is 2.29. The zero-order valence-electron chi connectivity index (χ0n) is 17.6. The summed E-state index contributed by atoms with van der Waals surface area (Å²) >= 11 is 1.45. The second-order valence-electron chi connectivity index (χ2n) is 8.61. The molecule has 0 spiro atoms. The number of amides is 2. The van der Waals surface area contributed by atoms with E-state index in [0.717, 1.165) is 47.9 Å². The normalized spacial score (nSPS) is 20.8. The van der Waals surface area contributed by atoms with Gasteiger partial charge in [-0.3, -0.25) is 9.59 Å². The molecule has 158 valence electrons. The van der Waals surface area contributed by atoms with Gasteiger partial charge in [-0.05, 0) is 47.9 Å². The van der Waals surface area contributed by atoms with Crippen LogP contribution in [0.3, 0.4) is 0 Å². The standard InChI is InChI=1S/C26H26N2O2S/c1-26(25(30)27-19-11-5-6-12-19)22-14-8-7-13-20(22)21-15-16-31-23(21)24(29)28(26)17-18-9-3-2-4-10-18/h2-4,7-10,13-16,19H,5-6,11-12,17H2,1H3,(H,27,30). The molecule has 5 rings (SSSR count). The van der Waals surface area contributed by atoms with Crippen molar-refractivity contribution in [2.45, 2.75) is 50.7 Å². The molecule has 1 atom stereocenters. The number of carbonyl (C=O) groups excluding carboxylic acids is 2. The maximum Gasteiger partial charge on any atom is 0.266 e. The van der Waals surface area contributed by atoms with Crippen LogP contribution in [-0.2, 0) is 16.9 Å². The van der Waals surface area contributed by atoms with Crippen molar-refractivity contribution in [2.24, 2.45) is 0 Å². The third-order valence-electron chi connectivity index (χ3n) is 6.70. The van der Waals surface area contributed by atoms with Gasteiger partial charge in [0.25, 0.3) is 11.8 Å². The first-order valence-corrected chi connectivity index (χ1v) is 11.8. The van der Waals surface area contributed by atoms with Crippen molar-refractivity contribution in [3.63, 3.8) is 0 Å². The van der Waals surface area contributed by atoms with Gasteiger partial charge in [0, 0.05) is 18.2 Å². The number of hydrogen-bond donors (Lipinski definition) is 1. The number of fused-ring (bicyclic) bond motifs is 3. The maximum absolute atomic E-state index is 13.9.